The summed E-state index contributed by atoms with van der Waals surface area (Å²) in [5.74, 6) is -0.982. The predicted octanol–water partition coefficient (Wildman–Crippen LogP) is 1.32. The topological polar surface area (TPSA) is 153 Å². The van der Waals surface area contributed by atoms with Gasteiger partial charge in [-0.25, -0.2) is 4.98 Å². The number of Topliss-reactive ketones (excluding diaryl/α,β-unsaturated/α-hetero) is 1. The molecule has 31 heavy (non-hydrogen) atoms. The number of aromatic nitrogens is 1. The summed E-state index contributed by atoms with van der Waals surface area (Å²) < 4.78 is 0.915. The Kier molecular flexibility index (Phi) is 7.56. The minimum Gasteiger partial charge on any atom is -0.370 e. The SMILES string of the molecule is CC(=O)NC1CCCC1C(=O)N[C@@H](CCCN=C(N)N)C(=O)c1nc2ccccc2s1. The summed E-state index contributed by atoms with van der Waals surface area (Å²) >= 11 is 1.31. The van der Waals surface area contributed by atoms with Gasteiger partial charge in [-0.1, -0.05) is 18.6 Å². The molecule has 9 nitrogen and oxygen atoms in total. The molecule has 1 aromatic carbocycles. The van der Waals surface area contributed by atoms with Gasteiger partial charge in [0.15, 0.2) is 11.0 Å². The van der Waals surface area contributed by atoms with E-state index in [1.807, 2.05) is 24.3 Å². The van der Waals surface area contributed by atoms with Crippen molar-refractivity contribution in [2.75, 3.05) is 6.54 Å². The highest BCUT2D eigenvalue weighted by Gasteiger charge is 2.35. The van der Waals surface area contributed by atoms with E-state index >= 15 is 0 Å². The molecule has 0 radical (unpaired) electrons. The summed E-state index contributed by atoms with van der Waals surface area (Å²) in [7, 11) is 0. The standard InChI is InChI=1S/C21H28N6O3S/c1-12(28)25-14-8-4-6-13(14)19(30)26-16(9-5-11-24-21(22)23)18(29)20-27-15-7-2-3-10-17(15)31-20/h2-3,7,10,13-14,16H,4-6,8-9,11H2,1H3,(H,25,28)(H,26,30)(H4,22,23,24)/t13?,14?,16-/m0/s1. The van der Waals surface area contributed by atoms with Gasteiger partial charge in [-0.15, -0.1) is 11.3 Å². The zero-order chi connectivity index (χ0) is 22.4. The second kappa shape index (κ2) is 10.3. The second-order valence-corrected chi connectivity index (χ2v) is 8.74. The summed E-state index contributed by atoms with van der Waals surface area (Å²) in [4.78, 5) is 46.1. The normalized spacial score (nSPS) is 19.0. The molecule has 0 spiro atoms. The maximum atomic E-state index is 13.2. The van der Waals surface area contributed by atoms with Crippen LogP contribution < -0.4 is 22.1 Å². The Morgan fingerprint density at radius 3 is 2.74 bits per heavy atom. The molecule has 10 heteroatoms. The molecule has 1 aromatic heterocycles. The Morgan fingerprint density at radius 1 is 1.26 bits per heavy atom. The van der Waals surface area contributed by atoms with Crippen LogP contribution in [0.1, 0.15) is 48.8 Å². The first-order chi connectivity index (χ1) is 14.8. The Bertz CT molecular complexity index is 951. The highest BCUT2D eigenvalue weighted by atomic mass is 32.1. The number of nitrogens with zero attached hydrogens (tertiary/aromatic N) is 2. The fraction of sp³-hybridized carbons (Fsp3) is 0.476. The number of thiazole rings is 1. The van der Waals surface area contributed by atoms with E-state index in [1.54, 1.807) is 0 Å². The third-order valence-electron chi connectivity index (χ3n) is 5.32. The van der Waals surface area contributed by atoms with Crippen molar-refractivity contribution in [3.63, 3.8) is 0 Å². The first-order valence-electron chi connectivity index (χ1n) is 10.4. The van der Waals surface area contributed by atoms with Crippen molar-refractivity contribution in [1.29, 1.82) is 0 Å². The van der Waals surface area contributed by atoms with Crippen molar-refractivity contribution >= 4 is 45.1 Å². The molecule has 1 fully saturated rings. The van der Waals surface area contributed by atoms with E-state index < -0.39 is 6.04 Å². The van der Waals surface area contributed by atoms with Crippen molar-refractivity contribution in [3.8, 4) is 0 Å². The number of para-hydroxylation sites is 1. The summed E-state index contributed by atoms with van der Waals surface area (Å²) in [6, 6.07) is 6.58. The van der Waals surface area contributed by atoms with Gasteiger partial charge in [-0.05, 0) is 37.8 Å². The highest BCUT2D eigenvalue weighted by Crippen LogP contribution is 2.27. The van der Waals surface area contributed by atoms with E-state index in [-0.39, 0.29) is 35.5 Å². The first kappa shape index (κ1) is 22.7. The lowest BCUT2D eigenvalue weighted by Gasteiger charge is -2.23. The number of hydrogen-bond donors (Lipinski definition) is 4. The average molecular weight is 445 g/mol. The van der Waals surface area contributed by atoms with Crippen LogP contribution in [0, 0.1) is 5.92 Å². The molecule has 3 atom stereocenters. The number of carbonyl (C=O) groups excluding carboxylic acids is 3. The van der Waals surface area contributed by atoms with Gasteiger partial charge in [-0.3, -0.25) is 19.4 Å². The van der Waals surface area contributed by atoms with Crippen molar-refractivity contribution in [3.05, 3.63) is 29.3 Å². The zero-order valence-corrected chi connectivity index (χ0v) is 18.3. The van der Waals surface area contributed by atoms with Crippen molar-refractivity contribution in [1.82, 2.24) is 15.6 Å². The number of fused-ring (bicyclic) bond motifs is 1. The van der Waals surface area contributed by atoms with Crippen LogP contribution in [0.3, 0.4) is 0 Å². The number of guanidine groups is 1. The molecule has 0 saturated heterocycles. The zero-order valence-electron chi connectivity index (χ0n) is 17.5. The van der Waals surface area contributed by atoms with Gasteiger partial charge in [-0.2, -0.15) is 0 Å². The number of amides is 2. The van der Waals surface area contributed by atoms with Crippen LogP contribution in [0.15, 0.2) is 29.3 Å². The van der Waals surface area contributed by atoms with E-state index in [4.69, 9.17) is 11.5 Å². The van der Waals surface area contributed by atoms with Crippen LogP contribution in [0.4, 0.5) is 0 Å². The molecule has 1 heterocycles. The minimum absolute atomic E-state index is 0.0119. The van der Waals surface area contributed by atoms with Gasteiger partial charge in [0, 0.05) is 19.5 Å². The smallest absolute Gasteiger partial charge is 0.225 e. The van der Waals surface area contributed by atoms with Crippen molar-refractivity contribution in [2.45, 2.75) is 51.1 Å². The van der Waals surface area contributed by atoms with Gasteiger partial charge in [0.1, 0.15) is 0 Å². The molecule has 0 bridgehead atoms. The maximum Gasteiger partial charge on any atom is 0.225 e. The summed E-state index contributed by atoms with van der Waals surface area (Å²) in [5.41, 5.74) is 11.5. The van der Waals surface area contributed by atoms with E-state index in [0.29, 0.717) is 30.8 Å². The number of hydrogen-bond acceptors (Lipinski definition) is 6. The molecule has 2 aromatic rings. The number of carbonyl (C=O) groups is 3. The van der Waals surface area contributed by atoms with Crippen LogP contribution >= 0.6 is 11.3 Å². The van der Waals surface area contributed by atoms with Crippen molar-refractivity contribution in [2.24, 2.45) is 22.4 Å². The van der Waals surface area contributed by atoms with Gasteiger partial charge in [0.2, 0.25) is 17.6 Å². The third kappa shape index (κ3) is 6.00. The Balaban J connectivity index is 1.75. The molecule has 1 aliphatic carbocycles. The largest absolute Gasteiger partial charge is 0.370 e. The lowest BCUT2D eigenvalue weighted by molar-refractivity contribution is -0.126. The lowest BCUT2D eigenvalue weighted by Crippen LogP contribution is -2.48. The number of nitrogens with one attached hydrogen (secondary N) is 2. The number of benzene rings is 1. The highest BCUT2D eigenvalue weighted by molar-refractivity contribution is 7.20. The summed E-state index contributed by atoms with van der Waals surface area (Å²) in [6.07, 6.45) is 3.18. The molecule has 2 unspecified atom stereocenters. The van der Waals surface area contributed by atoms with Crippen LogP contribution in [-0.4, -0.2) is 47.2 Å². The Labute approximate surface area is 184 Å². The predicted molar refractivity (Wildman–Crippen MR) is 121 cm³/mol. The minimum atomic E-state index is -0.735. The van der Waals surface area contributed by atoms with E-state index in [9.17, 15) is 14.4 Å². The summed E-state index contributed by atoms with van der Waals surface area (Å²) in [5, 5.41) is 6.12. The van der Waals surface area contributed by atoms with E-state index in [1.165, 1.54) is 18.3 Å². The number of rotatable bonds is 9. The fourth-order valence-electron chi connectivity index (χ4n) is 3.89. The number of ketones is 1. The fourth-order valence-corrected chi connectivity index (χ4v) is 4.85. The number of nitrogens with two attached hydrogens (primary N) is 2. The Hall–Kier alpha value is -3.01. The lowest BCUT2D eigenvalue weighted by atomic mass is 10.00. The monoisotopic (exact) mass is 444 g/mol. The molecule has 1 saturated carbocycles. The van der Waals surface area contributed by atoms with Crippen LogP contribution in [0.5, 0.6) is 0 Å². The van der Waals surface area contributed by atoms with Gasteiger partial charge < -0.3 is 22.1 Å². The second-order valence-electron chi connectivity index (χ2n) is 7.71. The van der Waals surface area contributed by atoms with Gasteiger partial charge in [0.05, 0.1) is 22.2 Å². The quantitative estimate of drug-likeness (QED) is 0.198. The van der Waals surface area contributed by atoms with Crippen LogP contribution in [-0.2, 0) is 9.59 Å². The Morgan fingerprint density at radius 2 is 2.03 bits per heavy atom. The first-order valence-corrected chi connectivity index (χ1v) is 11.2. The molecular formula is C21H28N6O3S. The third-order valence-corrected chi connectivity index (χ3v) is 6.38. The maximum absolute atomic E-state index is 13.2. The van der Waals surface area contributed by atoms with Crippen LogP contribution in [0.25, 0.3) is 10.2 Å². The molecule has 3 rings (SSSR count). The molecule has 0 aliphatic heterocycles. The molecule has 2 amide bonds. The average Bonchev–Trinajstić information content (AvgIpc) is 3.35. The van der Waals surface area contributed by atoms with E-state index in [0.717, 1.165) is 23.1 Å². The molecule has 166 valence electrons. The van der Waals surface area contributed by atoms with Crippen LogP contribution in [0.2, 0.25) is 0 Å². The number of aliphatic imine (C=N–C) groups is 1. The molecule has 1 aliphatic rings. The van der Waals surface area contributed by atoms with Gasteiger partial charge in [0.25, 0.3) is 0 Å². The van der Waals surface area contributed by atoms with E-state index in [2.05, 4.69) is 20.6 Å². The van der Waals surface area contributed by atoms with Crippen molar-refractivity contribution < 1.29 is 14.4 Å². The molecular weight excluding hydrogens is 416 g/mol. The van der Waals surface area contributed by atoms with Gasteiger partial charge >= 0.3 is 0 Å². The summed E-state index contributed by atoms with van der Waals surface area (Å²) in [6.45, 7) is 1.80. The molecule has 6 N–H and O–H groups in total.